The molecule has 0 amide bonds. The normalized spacial score (nSPS) is 17.5. The van der Waals surface area contributed by atoms with Crippen LogP contribution in [0.5, 0.6) is 5.75 Å². The molecular weight excluding hydrogens is 595 g/mol. The molecule has 1 fully saturated rings. The molecule has 1 aliphatic heterocycles. The van der Waals surface area contributed by atoms with Gasteiger partial charge in [-0.2, -0.15) is 13.5 Å². The summed E-state index contributed by atoms with van der Waals surface area (Å²) in [5.41, 5.74) is 1.89. The lowest BCUT2D eigenvalue weighted by Crippen LogP contribution is -2.43. The molecule has 42 heavy (non-hydrogen) atoms. The summed E-state index contributed by atoms with van der Waals surface area (Å²) in [5.74, 6) is 0.430. The van der Waals surface area contributed by atoms with Crippen molar-refractivity contribution in [3.8, 4) is 16.3 Å². The molecule has 3 aromatic rings. The highest BCUT2D eigenvalue weighted by molar-refractivity contribution is 7.85. The Bertz CT molecular complexity index is 1430. The van der Waals surface area contributed by atoms with Crippen LogP contribution in [0.3, 0.4) is 0 Å². The molecule has 0 saturated carbocycles. The molecule has 234 valence electrons. The third kappa shape index (κ3) is 8.83. The summed E-state index contributed by atoms with van der Waals surface area (Å²) in [6.07, 6.45) is 5.43. The first-order valence-corrected chi connectivity index (χ1v) is 20.0. The van der Waals surface area contributed by atoms with Crippen molar-refractivity contribution in [2.45, 2.75) is 84.3 Å². The first-order valence-electron chi connectivity index (χ1n) is 14.6. The molecule has 1 saturated heterocycles. The Morgan fingerprint density at radius 3 is 2.64 bits per heavy atom. The molecular formula is C29H45N3O7S2Si. The number of benzene rings is 1. The molecule has 0 spiro atoms. The highest BCUT2D eigenvalue weighted by Crippen LogP contribution is 2.40. The molecule has 3 heterocycles. The zero-order valence-electron chi connectivity index (χ0n) is 25.6. The third-order valence-corrected chi connectivity index (χ3v) is 14.2. The molecule has 1 N–H and O–H groups in total. The minimum absolute atomic E-state index is 0.0873. The van der Waals surface area contributed by atoms with E-state index >= 15 is 0 Å². The molecule has 0 bridgehead atoms. The average Bonchev–Trinajstić information content (AvgIpc) is 3.51. The van der Waals surface area contributed by atoms with E-state index in [-0.39, 0.29) is 22.9 Å². The third-order valence-electron chi connectivity index (χ3n) is 7.92. The minimum atomic E-state index is -3.96. The topological polar surface area (TPSA) is 122 Å². The van der Waals surface area contributed by atoms with Gasteiger partial charge in [0.2, 0.25) is 8.32 Å². The van der Waals surface area contributed by atoms with Gasteiger partial charge in [-0.3, -0.25) is 4.55 Å². The summed E-state index contributed by atoms with van der Waals surface area (Å²) in [6, 6.07) is 6.26. The number of rotatable bonds is 14. The smallest absolute Gasteiger partial charge is 0.265 e. The van der Waals surface area contributed by atoms with Crippen LogP contribution in [0.4, 0.5) is 0 Å². The molecule has 2 aromatic heterocycles. The summed E-state index contributed by atoms with van der Waals surface area (Å²) in [6.45, 7) is 15.3. The predicted molar refractivity (Wildman–Crippen MR) is 168 cm³/mol. The summed E-state index contributed by atoms with van der Waals surface area (Å²) in [4.78, 5) is 5.55. The lowest BCUT2D eigenvalue weighted by Gasteiger charge is -2.36. The summed E-state index contributed by atoms with van der Waals surface area (Å²) in [7, 11) is -5.97. The second-order valence-corrected chi connectivity index (χ2v) is 19.9. The van der Waals surface area contributed by atoms with Crippen molar-refractivity contribution in [1.29, 1.82) is 0 Å². The van der Waals surface area contributed by atoms with Gasteiger partial charge < -0.3 is 18.6 Å². The van der Waals surface area contributed by atoms with E-state index in [1.807, 2.05) is 10.9 Å². The Hall–Kier alpha value is -1.87. The molecule has 10 nitrogen and oxygen atoms in total. The van der Waals surface area contributed by atoms with Crippen molar-refractivity contribution >= 4 is 40.7 Å². The average molecular weight is 640 g/mol. The highest BCUT2D eigenvalue weighted by atomic mass is 32.2. The standard InChI is InChI=1S/C29H45N3O7S2Si/c1-21(20-41(33,34)35)12-14-36-15-16-37-19-26-30-18-25(40-26)28-23-17-22(39-42(5,6)29(2,3)4)10-11-24(23)32(31-28)27-9-7-8-13-38-27/h10-11,17-18,21,27H,7-9,12-16,19-20H2,1-6H3,(H,33,34,35)/t21-,27?/m1/s1. The van der Waals surface area contributed by atoms with E-state index < -0.39 is 18.4 Å². The predicted octanol–water partition coefficient (Wildman–Crippen LogP) is 6.69. The van der Waals surface area contributed by atoms with Crippen LogP contribution in [-0.4, -0.2) is 68.2 Å². The quantitative estimate of drug-likeness (QED) is 0.117. The van der Waals surface area contributed by atoms with Gasteiger partial charge in [-0.25, -0.2) is 9.67 Å². The van der Waals surface area contributed by atoms with E-state index in [0.29, 0.717) is 32.8 Å². The van der Waals surface area contributed by atoms with Gasteiger partial charge in [0.05, 0.1) is 36.0 Å². The van der Waals surface area contributed by atoms with Gasteiger partial charge in [0.25, 0.3) is 10.1 Å². The number of fused-ring (bicyclic) bond motifs is 1. The van der Waals surface area contributed by atoms with Crippen LogP contribution in [0.1, 0.15) is 64.6 Å². The van der Waals surface area contributed by atoms with Gasteiger partial charge in [-0.05, 0) is 67.9 Å². The molecule has 2 atom stereocenters. The van der Waals surface area contributed by atoms with E-state index in [2.05, 4.69) is 57.0 Å². The monoisotopic (exact) mass is 639 g/mol. The van der Waals surface area contributed by atoms with Crippen LogP contribution in [0.2, 0.25) is 18.1 Å². The zero-order chi connectivity index (χ0) is 30.5. The second kappa shape index (κ2) is 13.8. The maximum absolute atomic E-state index is 11.0. The van der Waals surface area contributed by atoms with Crippen LogP contribution < -0.4 is 4.43 Å². The van der Waals surface area contributed by atoms with Crippen LogP contribution >= 0.6 is 11.3 Å². The van der Waals surface area contributed by atoms with Crippen molar-refractivity contribution in [2.24, 2.45) is 5.92 Å². The molecule has 1 aliphatic rings. The van der Waals surface area contributed by atoms with E-state index in [4.69, 9.17) is 28.3 Å². The van der Waals surface area contributed by atoms with Gasteiger partial charge in [0.15, 0.2) is 6.23 Å². The number of hydrogen-bond donors (Lipinski definition) is 1. The number of nitrogens with zero attached hydrogens (tertiary/aromatic N) is 3. The fourth-order valence-electron chi connectivity index (χ4n) is 4.54. The lowest BCUT2D eigenvalue weighted by atomic mass is 10.1. The van der Waals surface area contributed by atoms with E-state index in [1.165, 1.54) is 0 Å². The molecule has 0 aliphatic carbocycles. The Kier molecular flexibility index (Phi) is 10.9. The van der Waals surface area contributed by atoms with Gasteiger partial charge in [-0.1, -0.05) is 27.7 Å². The maximum atomic E-state index is 11.0. The van der Waals surface area contributed by atoms with Crippen LogP contribution in [0, 0.1) is 5.92 Å². The van der Waals surface area contributed by atoms with E-state index in [0.717, 1.165) is 58.1 Å². The van der Waals surface area contributed by atoms with Gasteiger partial charge >= 0.3 is 0 Å². The van der Waals surface area contributed by atoms with Gasteiger partial charge in [0, 0.05) is 24.8 Å². The molecule has 1 unspecified atom stereocenters. The summed E-state index contributed by atoms with van der Waals surface area (Å²) in [5, 5.41) is 7.01. The van der Waals surface area contributed by atoms with Crippen molar-refractivity contribution in [3.05, 3.63) is 29.4 Å². The molecule has 4 rings (SSSR count). The first kappa shape index (κ1) is 33.0. The Balaban J connectivity index is 1.43. The second-order valence-electron chi connectivity index (χ2n) is 12.6. The SMILES string of the molecule is C[C@H](CCOCCOCc1ncc(-c2nn(C3CCCCO3)c3ccc(O[Si](C)(C)C(C)(C)C)cc23)s1)CS(=O)(=O)O. The number of ether oxygens (including phenoxy) is 3. The van der Waals surface area contributed by atoms with E-state index in [9.17, 15) is 8.42 Å². The van der Waals surface area contributed by atoms with Crippen molar-refractivity contribution in [2.75, 3.05) is 32.2 Å². The fourth-order valence-corrected chi connectivity index (χ4v) is 7.31. The highest BCUT2D eigenvalue weighted by Gasteiger charge is 2.39. The zero-order valence-corrected chi connectivity index (χ0v) is 28.2. The maximum Gasteiger partial charge on any atom is 0.265 e. The largest absolute Gasteiger partial charge is 0.543 e. The van der Waals surface area contributed by atoms with Gasteiger partial charge in [-0.15, -0.1) is 11.3 Å². The molecule has 13 heteroatoms. The van der Waals surface area contributed by atoms with E-state index in [1.54, 1.807) is 18.3 Å². The van der Waals surface area contributed by atoms with Crippen LogP contribution in [0.15, 0.2) is 24.4 Å². The van der Waals surface area contributed by atoms with Crippen molar-refractivity contribution in [1.82, 2.24) is 14.8 Å². The lowest BCUT2D eigenvalue weighted by molar-refractivity contribution is -0.0365. The Morgan fingerprint density at radius 1 is 1.19 bits per heavy atom. The molecule has 0 radical (unpaired) electrons. The summed E-state index contributed by atoms with van der Waals surface area (Å²) >= 11 is 1.56. The number of thiazole rings is 1. The Morgan fingerprint density at radius 2 is 1.95 bits per heavy atom. The Labute approximate surface area is 254 Å². The summed E-state index contributed by atoms with van der Waals surface area (Å²) < 4.78 is 56.9. The fraction of sp³-hybridized carbons (Fsp3) is 0.655. The van der Waals surface area contributed by atoms with Gasteiger partial charge in [0.1, 0.15) is 16.5 Å². The first-order chi connectivity index (χ1) is 19.7. The van der Waals surface area contributed by atoms with Crippen molar-refractivity contribution in [3.63, 3.8) is 0 Å². The van der Waals surface area contributed by atoms with Crippen LogP contribution in [-0.2, 0) is 30.9 Å². The number of aromatic nitrogens is 3. The molecule has 1 aromatic carbocycles. The van der Waals surface area contributed by atoms with Crippen LogP contribution in [0.25, 0.3) is 21.5 Å². The van der Waals surface area contributed by atoms with Crippen molar-refractivity contribution < 1.29 is 31.6 Å². The minimum Gasteiger partial charge on any atom is -0.543 e. The number of hydrogen-bond acceptors (Lipinski definition) is 9.